The number of hydrogen-bond acceptors (Lipinski definition) is 4. The van der Waals surface area contributed by atoms with E-state index in [1.807, 2.05) is 0 Å². The Kier molecular flexibility index (Phi) is 3.19. The zero-order valence-electron chi connectivity index (χ0n) is 9.12. The van der Waals surface area contributed by atoms with E-state index < -0.39 is 12.0 Å². The molecular weight excluding hydrogens is 244 g/mol. The Morgan fingerprint density at radius 3 is 2.94 bits per heavy atom. The van der Waals surface area contributed by atoms with Crippen molar-refractivity contribution >= 4 is 34.9 Å². The molecule has 1 heterocycles. The van der Waals surface area contributed by atoms with E-state index in [0.29, 0.717) is 16.4 Å². The van der Waals surface area contributed by atoms with Gasteiger partial charge in [0.25, 0.3) is 0 Å². The van der Waals surface area contributed by atoms with E-state index in [1.165, 1.54) is 7.11 Å². The van der Waals surface area contributed by atoms with Crippen LogP contribution >= 0.6 is 11.6 Å². The zero-order chi connectivity index (χ0) is 12.4. The van der Waals surface area contributed by atoms with Gasteiger partial charge in [0, 0.05) is 5.02 Å². The fourth-order valence-corrected chi connectivity index (χ4v) is 1.78. The van der Waals surface area contributed by atoms with Crippen LogP contribution in [0.4, 0.5) is 11.4 Å². The number of hydrogen-bond donors (Lipinski definition) is 2. The summed E-state index contributed by atoms with van der Waals surface area (Å²) in [6.45, 7) is 0. The number of amides is 1. The number of halogens is 1. The van der Waals surface area contributed by atoms with Crippen LogP contribution in [0.15, 0.2) is 18.2 Å². The Bertz CT molecular complexity index is 476. The molecule has 0 spiro atoms. The first-order valence-corrected chi connectivity index (χ1v) is 5.41. The Morgan fingerprint density at radius 1 is 1.47 bits per heavy atom. The van der Waals surface area contributed by atoms with Gasteiger partial charge in [-0.2, -0.15) is 0 Å². The van der Waals surface area contributed by atoms with Crippen molar-refractivity contribution < 1.29 is 14.3 Å². The molecule has 90 valence electrons. The number of ether oxygens (including phenoxy) is 1. The maximum Gasteiger partial charge on any atom is 0.308 e. The van der Waals surface area contributed by atoms with Crippen LogP contribution in [0.2, 0.25) is 5.02 Å². The first kappa shape index (κ1) is 11.7. The molecule has 1 aromatic rings. The van der Waals surface area contributed by atoms with Crippen LogP contribution < -0.4 is 10.6 Å². The lowest BCUT2D eigenvalue weighted by Crippen LogP contribution is -2.40. The van der Waals surface area contributed by atoms with Crippen molar-refractivity contribution in [3.05, 3.63) is 23.2 Å². The fraction of sp³-hybridized carbons (Fsp3) is 0.273. The zero-order valence-corrected chi connectivity index (χ0v) is 9.88. The minimum atomic E-state index is -0.631. The van der Waals surface area contributed by atoms with Crippen molar-refractivity contribution in [2.75, 3.05) is 17.7 Å². The van der Waals surface area contributed by atoms with Gasteiger partial charge in [0.05, 0.1) is 24.9 Å². The largest absolute Gasteiger partial charge is 0.469 e. The molecular formula is C11H11ClN2O3. The van der Waals surface area contributed by atoms with Crippen molar-refractivity contribution in [1.29, 1.82) is 0 Å². The van der Waals surface area contributed by atoms with Gasteiger partial charge >= 0.3 is 5.97 Å². The summed E-state index contributed by atoms with van der Waals surface area (Å²) in [4.78, 5) is 22.8. The normalized spacial score (nSPS) is 17.8. The first-order chi connectivity index (χ1) is 8.10. The van der Waals surface area contributed by atoms with Gasteiger partial charge in [0.15, 0.2) is 0 Å². The average Bonchev–Trinajstić information content (AvgIpc) is 2.30. The molecule has 0 saturated carbocycles. The van der Waals surface area contributed by atoms with Crippen molar-refractivity contribution in [2.45, 2.75) is 12.5 Å². The summed E-state index contributed by atoms with van der Waals surface area (Å²) >= 11 is 5.85. The third kappa shape index (κ3) is 2.50. The molecule has 0 radical (unpaired) electrons. The molecule has 0 bridgehead atoms. The Morgan fingerprint density at radius 2 is 2.24 bits per heavy atom. The van der Waals surface area contributed by atoms with Crippen molar-refractivity contribution in [2.24, 2.45) is 0 Å². The van der Waals surface area contributed by atoms with Gasteiger partial charge in [-0.1, -0.05) is 11.6 Å². The molecule has 1 aromatic carbocycles. The smallest absolute Gasteiger partial charge is 0.308 e. The molecule has 5 nitrogen and oxygen atoms in total. The summed E-state index contributed by atoms with van der Waals surface area (Å²) in [5, 5.41) is 6.21. The molecule has 0 saturated heterocycles. The Hall–Kier alpha value is -1.75. The molecule has 17 heavy (non-hydrogen) atoms. The van der Waals surface area contributed by atoms with E-state index in [0.717, 1.165) is 0 Å². The highest BCUT2D eigenvalue weighted by Crippen LogP contribution is 2.30. The van der Waals surface area contributed by atoms with Gasteiger partial charge < -0.3 is 15.4 Å². The fourth-order valence-electron chi connectivity index (χ4n) is 1.61. The molecule has 0 aromatic heterocycles. The number of carbonyl (C=O) groups excluding carboxylic acids is 2. The Labute approximate surface area is 103 Å². The number of anilines is 2. The Balaban J connectivity index is 2.19. The summed E-state index contributed by atoms with van der Waals surface area (Å²) in [5.41, 5.74) is 1.35. The van der Waals surface area contributed by atoms with Gasteiger partial charge in [-0.3, -0.25) is 9.59 Å². The second kappa shape index (κ2) is 4.63. The highest BCUT2D eigenvalue weighted by Gasteiger charge is 2.27. The highest BCUT2D eigenvalue weighted by atomic mass is 35.5. The summed E-state index contributed by atoms with van der Waals surface area (Å²) < 4.78 is 4.53. The molecule has 6 heteroatoms. The van der Waals surface area contributed by atoms with E-state index >= 15 is 0 Å². The monoisotopic (exact) mass is 254 g/mol. The van der Waals surface area contributed by atoms with Crippen LogP contribution in [-0.2, 0) is 14.3 Å². The average molecular weight is 255 g/mol. The number of nitrogens with one attached hydrogen (secondary N) is 2. The van der Waals surface area contributed by atoms with Gasteiger partial charge in [0.2, 0.25) is 5.91 Å². The maximum atomic E-state index is 11.7. The molecule has 2 rings (SSSR count). The van der Waals surface area contributed by atoms with E-state index in [-0.39, 0.29) is 12.3 Å². The molecule has 1 aliphatic rings. The third-order valence-electron chi connectivity index (χ3n) is 2.48. The SMILES string of the molecule is COC(=O)C[C@H]1Nc2cc(Cl)ccc2NC1=O. The summed E-state index contributed by atoms with van der Waals surface area (Å²) in [6.07, 6.45) is -0.0196. The van der Waals surface area contributed by atoms with Crippen LogP contribution in [0.25, 0.3) is 0 Å². The molecule has 1 amide bonds. The summed E-state index contributed by atoms with van der Waals surface area (Å²) in [6, 6.07) is 4.45. The summed E-state index contributed by atoms with van der Waals surface area (Å²) in [5.74, 6) is -0.701. The van der Waals surface area contributed by atoms with E-state index in [2.05, 4.69) is 15.4 Å². The molecule has 2 N–H and O–H groups in total. The molecule has 0 unspecified atom stereocenters. The van der Waals surface area contributed by atoms with Crippen LogP contribution in [0, 0.1) is 0 Å². The molecule has 0 aliphatic carbocycles. The second-order valence-corrected chi connectivity index (χ2v) is 4.09. The van der Waals surface area contributed by atoms with Gasteiger partial charge in [-0.05, 0) is 18.2 Å². The van der Waals surface area contributed by atoms with Gasteiger partial charge in [-0.15, -0.1) is 0 Å². The second-order valence-electron chi connectivity index (χ2n) is 3.66. The third-order valence-corrected chi connectivity index (χ3v) is 2.72. The van der Waals surface area contributed by atoms with Crippen molar-refractivity contribution in [3.63, 3.8) is 0 Å². The van der Waals surface area contributed by atoms with E-state index in [1.54, 1.807) is 18.2 Å². The highest BCUT2D eigenvalue weighted by molar-refractivity contribution is 6.31. The lowest BCUT2D eigenvalue weighted by molar-refractivity contribution is -0.142. The van der Waals surface area contributed by atoms with E-state index in [9.17, 15) is 9.59 Å². The molecule has 1 aliphatic heterocycles. The van der Waals surface area contributed by atoms with Crippen LogP contribution in [0.3, 0.4) is 0 Å². The number of benzene rings is 1. The number of rotatable bonds is 2. The lowest BCUT2D eigenvalue weighted by Gasteiger charge is -2.26. The van der Waals surface area contributed by atoms with Crippen LogP contribution in [-0.4, -0.2) is 25.0 Å². The minimum absolute atomic E-state index is 0.0196. The van der Waals surface area contributed by atoms with Gasteiger partial charge in [0.1, 0.15) is 6.04 Å². The quantitative estimate of drug-likeness (QED) is 0.788. The van der Waals surface area contributed by atoms with Crippen molar-refractivity contribution in [3.8, 4) is 0 Å². The molecule has 0 fully saturated rings. The van der Waals surface area contributed by atoms with Gasteiger partial charge in [-0.25, -0.2) is 0 Å². The lowest BCUT2D eigenvalue weighted by atomic mass is 10.1. The number of carbonyl (C=O) groups is 2. The number of esters is 1. The minimum Gasteiger partial charge on any atom is -0.469 e. The predicted molar refractivity (Wildman–Crippen MR) is 64.1 cm³/mol. The topological polar surface area (TPSA) is 67.4 Å². The number of fused-ring (bicyclic) bond motifs is 1. The summed E-state index contributed by atoms with van der Waals surface area (Å²) in [7, 11) is 1.29. The maximum absolute atomic E-state index is 11.7. The van der Waals surface area contributed by atoms with Crippen LogP contribution in [0.1, 0.15) is 6.42 Å². The van der Waals surface area contributed by atoms with Crippen molar-refractivity contribution in [1.82, 2.24) is 0 Å². The molecule has 1 atom stereocenters. The van der Waals surface area contributed by atoms with Crippen LogP contribution in [0.5, 0.6) is 0 Å². The predicted octanol–water partition coefficient (Wildman–Crippen LogP) is 1.64. The van der Waals surface area contributed by atoms with E-state index in [4.69, 9.17) is 11.6 Å². The first-order valence-electron chi connectivity index (χ1n) is 5.04. The standard InChI is InChI=1S/C11H11ClN2O3/c1-17-10(15)5-9-11(16)14-7-3-2-6(12)4-8(7)13-9/h2-4,9,13H,5H2,1H3,(H,14,16)/t9-/m1/s1. The number of methoxy groups -OCH3 is 1.